The average Bonchev–Trinajstić information content (AvgIpc) is 3.28. The number of furan rings is 1. The molecule has 0 aliphatic carbocycles. The second-order valence-electron chi connectivity index (χ2n) is 9.76. The summed E-state index contributed by atoms with van der Waals surface area (Å²) in [5, 5.41) is 11.3. The molecular formula is C26H34N2O5. The summed E-state index contributed by atoms with van der Waals surface area (Å²) in [6.07, 6.45) is 0.687. The van der Waals surface area contributed by atoms with E-state index in [1.165, 1.54) is 4.90 Å². The van der Waals surface area contributed by atoms with Gasteiger partial charge in [-0.15, -0.1) is 0 Å². The molecule has 1 aliphatic heterocycles. The van der Waals surface area contributed by atoms with Crippen molar-refractivity contribution >= 4 is 17.4 Å². The first-order valence-corrected chi connectivity index (χ1v) is 11.1. The van der Waals surface area contributed by atoms with Crippen LogP contribution < -0.4 is 4.74 Å². The van der Waals surface area contributed by atoms with Crippen molar-refractivity contribution in [3.63, 3.8) is 0 Å². The van der Waals surface area contributed by atoms with Crippen molar-refractivity contribution < 1.29 is 23.8 Å². The number of rotatable bonds is 7. The molecule has 1 saturated heterocycles. The maximum absolute atomic E-state index is 13.1. The number of carbonyl (C=O) groups excluding carboxylic acids is 2. The fourth-order valence-electron chi connectivity index (χ4n) is 4.16. The number of methoxy groups -OCH3 is 1. The number of likely N-dealkylation sites (tertiary alicyclic amines) is 1. The molecule has 1 fully saturated rings. The molecule has 2 heterocycles. The molecular weight excluding hydrogens is 420 g/mol. The fourth-order valence-corrected chi connectivity index (χ4v) is 4.16. The van der Waals surface area contributed by atoms with Gasteiger partial charge in [0.25, 0.3) is 11.7 Å². The zero-order valence-corrected chi connectivity index (χ0v) is 20.6. The van der Waals surface area contributed by atoms with Crippen LogP contribution in [-0.4, -0.2) is 60.9 Å². The van der Waals surface area contributed by atoms with Crippen molar-refractivity contribution in [1.82, 2.24) is 9.80 Å². The second kappa shape index (κ2) is 9.43. The van der Waals surface area contributed by atoms with E-state index in [1.807, 2.05) is 45.8 Å². The van der Waals surface area contributed by atoms with Crippen LogP contribution in [0.5, 0.6) is 5.75 Å². The molecule has 1 unspecified atom stereocenters. The molecule has 0 radical (unpaired) electrons. The topological polar surface area (TPSA) is 83.2 Å². The van der Waals surface area contributed by atoms with E-state index in [-0.39, 0.29) is 16.7 Å². The van der Waals surface area contributed by atoms with Gasteiger partial charge in [0.2, 0.25) is 0 Å². The first kappa shape index (κ1) is 24.6. The lowest BCUT2D eigenvalue weighted by molar-refractivity contribution is -0.140. The number of aryl methyl sites for hydroxylation is 1. The molecule has 0 bridgehead atoms. The van der Waals surface area contributed by atoms with Gasteiger partial charge in [0.1, 0.15) is 29.1 Å². The van der Waals surface area contributed by atoms with Crippen LogP contribution in [-0.2, 0) is 15.0 Å². The summed E-state index contributed by atoms with van der Waals surface area (Å²) in [6.45, 7) is 9.08. The van der Waals surface area contributed by atoms with Crippen molar-refractivity contribution in [3.05, 3.63) is 58.6 Å². The third kappa shape index (κ3) is 4.98. The van der Waals surface area contributed by atoms with Gasteiger partial charge >= 0.3 is 0 Å². The summed E-state index contributed by atoms with van der Waals surface area (Å²) < 4.78 is 11.3. The second-order valence-corrected chi connectivity index (χ2v) is 9.76. The molecule has 3 rings (SSSR count). The monoisotopic (exact) mass is 454 g/mol. The van der Waals surface area contributed by atoms with Gasteiger partial charge in [-0.1, -0.05) is 20.8 Å². The Labute approximate surface area is 195 Å². The first-order chi connectivity index (χ1) is 15.5. The van der Waals surface area contributed by atoms with E-state index in [1.54, 1.807) is 38.3 Å². The van der Waals surface area contributed by atoms with E-state index in [0.29, 0.717) is 35.8 Å². The highest BCUT2D eigenvalue weighted by atomic mass is 16.5. The maximum Gasteiger partial charge on any atom is 0.295 e. The lowest BCUT2D eigenvalue weighted by Crippen LogP contribution is -2.32. The number of carbonyl (C=O) groups is 2. The van der Waals surface area contributed by atoms with Crippen LogP contribution in [0.2, 0.25) is 0 Å². The highest BCUT2D eigenvalue weighted by Crippen LogP contribution is 2.41. The van der Waals surface area contributed by atoms with E-state index in [9.17, 15) is 14.7 Å². The number of ether oxygens (including phenoxy) is 1. The van der Waals surface area contributed by atoms with Gasteiger partial charge in [0.05, 0.1) is 12.7 Å². The minimum atomic E-state index is -0.777. The Hall–Kier alpha value is -3.06. The summed E-state index contributed by atoms with van der Waals surface area (Å²) in [5.41, 5.74) is 1.14. The van der Waals surface area contributed by atoms with E-state index in [4.69, 9.17) is 9.15 Å². The zero-order valence-electron chi connectivity index (χ0n) is 20.6. The van der Waals surface area contributed by atoms with Crippen molar-refractivity contribution in [3.8, 4) is 5.75 Å². The van der Waals surface area contributed by atoms with E-state index in [2.05, 4.69) is 0 Å². The number of ketones is 1. The number of aliphatic hydroxyl groups excluding tert-OH is 1. The normalized spacial score (nSPS) is 18.4. The van der Waals surface area contributed by atoms with Crippen LogP contribution in [0.15, 0.2) is 40.3 Å². The Bertz CT molecular complexity index is 1070. The number of amides is 1. The summed E-state index contributed by atoms with van der Waals surface area (Å²) in [7, 11) is 5.51. The molecule has 1 aromatic heterocycles. The summed E-state index contributed by atoms with van der Waals surface area (Å²) in [4.78, 5) is 29.7. The number of hydrogen-bond acceptors (Lipinski definition) is 6. The molecule has 1 atom stereocenters. The van der Waals surface area contributed by atoms with Crippen LogP contribution in [0.1, 0.15) is 55.9 Å². The number of aliphatic hydroxyl groups is 1. The molecule has 33 heavy (non-hydrogen) atoms. The van der Waals surface area contributed by atoms with Crippen LogP contribution in [0.3, 0.4) is 0 Å². The first-order valence-electron chi connectivity index (χ1n) is 11.1. The molecule has 0 saturated carbocycles. The Morgan fingerprint density at radius 1 is 1.18 bits per heavy atom. The lowest BCUT2D eigenvalue weighted by atomic mass is 9.84. The lowest BCUT2D eigenvalue weighted by Gasteiger charge is -2.25. The Morgan fingerprint density at radius 3 is 2.42 bits per heavy atom. The molecule has 2 aromatic rings. The van der Waals surface area contributed by atoms with Crippen LogP contribution >= 0.6 is 0 Å². The molecule has 1 amide bonds. The predicted octanol–water partition coefficient (Wildman–Crippen LogP) is 4.27. The highest BCUT2D eigenvalue weighted by molar-refractivity contribution is 6.46. The minimum absolute atomic E-state index is 0.0456. The number of hydrogen-bond donors (Lipinski definition) is 1. The minimum Gasteiger partial charge on any atom is -0.507 e. The van der Waals surface area contributed by atoms with E-state index in [0.717, 1.165) is 12.1 Å². The van der Waals surface area contributed by atoms with Gasteiger partial charge in [0, 0.05) is 17.7 Å². The summed E-state index contributed by atoms with van der Waals surface area (Å²) >= 11 is 0. The van der Waals surface area contributed by atoms with Crippen molar-refractivity contribution in [1.29, 1.82) is 0 Å². The highest BCUT2D eigenvalue weighted by Gasteiger charge is 2.47. The van der Waals surface area contributed by atoms with Gasteiger partial charge in [0.15, 0.2) is 0 Å². The summed E-state index contributed by atoms with van der Waals surface area (Å²) in [6, 6.07) is 8.06. The smallest absolute Gasteiger partial charge is 0.295 e. The van der Waals surface area contributed by atoms with E-state index >= 15 is 0 Å². The van der Waals surface area contributed by atoms with Gasteiger partial charge in [-0.2, -0.15) is 0 Å². The van der Waals surface area contributed by atoms with Gasteiger partial charge < -0.3 is 24.1 Å². The van der Waals surface area contributed by atoms with E-state index < -0.39 is 17.7 Å². The number of benzene rings is 1. The molecule has 1 N–H and O–H groups in total. The Balaban J connectivity index is 2.13. The molecule has 7 nitrogen and oxygen atoms in total. The largest absolute Gasteiger partial charge is 0.507 e. The zero-order chi connectivity index (χ0) is 24.5. The number of nitrogens with zero attached hydrogens (tertiary/aromatic N) is 2. The number of Topliss-reactive ketones (excluding diaryl/α,β-unsaturated/α-hetero) is 1. The SMILES string of the molecule is COc1ccc(/C(O)=C2/C(=O)C(=O)N(CCCN(C)C)C2c2ccc(C)o2)cc1C(C)(C)C. The molecule has 7 heteroatoms. The quantitative estimate of drug-likeness (QED) is 0.382. The third-order valence-electron chi connectivity index (χ3n) is 5.86. The predicted molar refractivity (Wildman–Crippen MR) is 127 cm³/mol. The van der Waals surface area contributed by atoms with Crippen LogP contribution in [0.4, 0.5) is 0 Å². The molecule has 1 aromatic carbocycles. The summed E-state index contributed by atoms with van der Waals surface area (Å²) in [5.74, 6) is 0.284. The molecule has 1 aliphatic rings. The van der Waals surface area contributed by atoms with Crippen molar-refractivity contribution in [2.24, 2.45) is 0 Å². The van der Waals surface area contributed by atoms with Crippen LogP contribution in [0.25, 0.3) is 5.76 Å². The van der Waals surface area contributed by atoms with Gasteiger partial charge in [-0.05, 0) is 69.7 Å². The third-order valence-corrected chi connectivity index (χ3v) is 5.86. The van der Waals surface area contributed by atoms with Crippen molar-refractivity contribution in [2.75, 3.05) is 34.3 Å². The molecule has 0 spiro atoms. The standard InChI is InChI=1S/C26H34N2O5/c1-16-9-11-20(33-16)22-21(24(30)25(31)28(22)14-8-13-27(5)6)23(29)17-10-12-19(32-7)18(15-17)26(2,3)4/h9-12,15,22,29H,8,13-14H2,1-7H3/b23-21-. The van der Waals surface area contributed by atoms with Crippen LogP contribution in [0, 0.1) is 6.92 Å². The Morgan fingerprint density at radius 2 is 1.88 bits per heavy atom. The van der Waals surface area contributed by atoms with Gasteiger partial charge in [-0.3, -0.25) is 9.59 Å². The maximum atomic E-state index is 13.1. The molecule has 178 valence electrons. The van der Waals surface area contributed by atoms with Crippen molar-refractivity contribution in [2.45, 2.75) is 45.6 Å². The van der Waals surface area contributed by atoms with Gasteiger partial charge in [-0.25, -0.2) is 0 Å². The average molecular weight is 455 g/mol. The Kier molecular flexibility index (Phi) is 7.03. The fraction of sp³-hybridized carbons (Fsp3) is 0.462.